The van der Waals surface area contributed by atoms with E-state index < -0.39 is 5.97 Å². The first-order chi connectivity index (χ1) is 14.3. The van der Waals surface area contributed by atoms with Crippen molar-refractivity contribution in [3.8, 4) is 0 Å². The lowest BCUT2D eigenvalue weighted by Crippen LogP contribution is -2.27. The minimum absolute atomic E-state index is 0.372. The summed E-state index contributed by atoms with van der Waals surface area (Å²) in [5.74, 6) is -0.857. The maximum absolute atomic E-state index is 11.1. The lowest BCUT2D eigenvalue weighted by molar-refractivity contribution is 0.0697. The molecule has 0 aliphatic carbocycles. The first-order valence-corrected chi connectivity index (χ1v) is 11.0. The molecule has 170 valence electrons. The first-order valence-electron chi connectivity index (χ1n) is 11.0. The van der Waals surface area contributed by atoms with E-state index in [0.717, 1.165) is 37.0 Å². The molecule has 1 aromatic carbocycles. The van der Waals surface area contributed by atoms with Gasteiger partial charge in [0.1, 0.15) is 0 Å². The molecule has 0 saturated heterocycles. The lowest BCUT2D eigenvalue weighted by atomic mass is 10.0. The SMILES string of the molecule is C=C(C)C.C=CC.CC.CC.CCn1c2c(c3cc(C(=O)O)ccc31)CN(C)CC2. The van der Waals surface area contributed by atoms with Crippen LogP contribution in [0.15, 0.2) is 43.0 Å². The molecule has 0 amide bonds. The number of fused-ring (bicyclic) bond motifs is 3. The number of rotatable bonds is 2. The van der Waals surface area contributed by atoms with E-state index in [1.165, 1.54) is 16.8 Å². The molecule has 0 unspecified atom stereocenters. The number of hydrogen-bond acceptors (Lipinski definition) is 2. The third-order valence-electron chi connectivity index (χ3n) is 4.01. The molecule has 3 rings (SSSR count). The van der Waals surface area contributed by atoms with E-state index in [0.29, 0.717) is 5.56 Å². The van der Waals surface area contributed by atoms with Crippen LogP contribution in [0.25, 0.3) is 10.9 Å². The molecule has 0 atom stereocenters. The van der Waals surface area contributed by atoms with Gasteiger partial charge in [-0.3, -0.25) is 0 Å². The molecular weight excluding hydrogens is 372 g/mol. The summed E-state index contributed by atoms with van der Waals surface area (Å²) in [7, 11) is 2.11. The Morgan fingerprint density at radius 1 is 1.20 bits per heavy atom. The summed E-state index contributed by atoms with van der Waals surface area (Å²) in [4.78, 5) is 13.4. The number of nitrogens with zero attached hydrogens (tertiary/aromatic N) is 2. The monoisotopic (exact) mass is 416 g/mol. The van der Waals surface area contributed by atoms with E-state index in [-0.39, 0.29) is 0 Å². The van der Waals surface area contributed by atoms with E-state index in [2.05, 4.69) is 36.6 Å². The van der Waals surface area contributed by atoms with Gasteiger partial charge in [-0.1, -0.05) is 39.3 Å². The zero-order valence-corrected chi connectivity index (χ0v) is 20.8. The van der Waals surface area contributed by atoms with Crippen LogP contribution in [0, 0.1) is 0 Å². The molecule has 0 saturated carbocycles. The average Bonchev–Trinajstić information content (AvgIpc) is 3.03. The Hall–Kier alpha value is -2.33. The van der Waals surface area contributed by atoms with Crippen molar-refractivity contribution >= 4 is 16.9 Å². The van der Waals surface area contributed by atoms with Crippen LogP contribution in [0.5, 0.6) is 0 Å². The third kappa shape index (κ3) is 9.00. The number of carboxylic acid groups (broad SMARTS) is 1. The second kappa shape index (κ2) is 16.5. The molecule has 30 heavy (non-hydrogen) atoms. The fourth-order valence-electron chi connectivity index (χ4n) is 3.08. The highest BCUT2D eigenvalue weighted by Gasteiger charge is 2.22. The van der Waals surface area contributed by atoms with Crippen LogP contribution in [-0.2, 0) is 19.5 Å². The summed E-state index contributed by atoms with van der Waals surface area (Å²) in [5.41, 5.74) is 5.37. The fraction of sp³-hybridized carbons (Fsp3) is 0.500. The molecule has 4 heteroatoms. The second-order valence-electron chi connectivity index (χ2n) is 6.81. The number of hydrogen-bond donors (Lipinski definition) is 1. The van der Waals surface area contributed by atoms with E-state index in [1.807, 2.05) is 60.6 Å². The van der Waals surface area contributed by atoms with Gasteiger partial charge in [-0.25, -0.2) is 4.79 Å². The van der Waals surface area contributed by atoms with Gasteiger partial charge < -0.3 is 14.6 Å². The van der Waals surface area contributed by atoms with E-state index in [9.17, 15) is 4.79 Å². The molecule has 1 aliphatic rings. The number of carbonyl (C=O) groups is 1. The molecule has 0 radical (unpaired) electrons. The van der Waals surface area contributed by atoms with Crippen molar-refractivity contribution in [2.45, 2.75) is 74.9 Å². The van der Waals surface area contributed by atoms with Gasteiger partial charge in [0.15, 0.2) is 0 Å². The molecule has 1 N–H and O–H groups in total. The molecule has 0 spiro atoms. The molecule has 4 nitrogen and oxygen atoms in total. The Morgan fingerprint density at radius 2 is 1.70 bits per heavy atom. The fourth-order valence-corrected chi connectivity index (χ4v) is 3.08. The van der Waals surface area contributed by atoms with Gasteiger partial charge in [0.25, 0.3) is 0 Å². The normalized spacial score (nSPS) is 11.6. The molecule has 0 bridgehead atoms. The Bertz CT molecular complexity index is 784. The Morgan fingerprint density at radius 3 is 2.13 bits per heavy atom. The van der Waals surface area contributed by atoms with Crippen LogP contribution < -0.4 is 0 Å². The summed E-state index contributed by atoms with van der Waals surface area (Å²) < 4.78 is 2.32. The van der Waals surface area contributed by atoms with E-state index >= 15 is 0 Å². The van der Waals surface area contributed by atoms with Crippen molar-refractivity contribution in [3.63, 3.8) is 0 Å². The quantitative estimate of drug-likeness (QED) is 0.528. The van der Waals surface area contributed by atoms with Crippen LogP contribution in [0.1, 0.15) is 77.0 Å². The number of carboxylic acids is 1. The Kier molecular flexibility index (Phi) is 16.4. The highest BCUT2D eigenvalue weighted by atomic mass is 16.4. The predicted molar refractivity (Wildman–Crippen MR) is 134 cm³/mol. The van der Waals surface area contributed by atoms with Crippen LogP contribution in [-0.4, -0.2) is 34.1 Å². The Labute approximate surface area is 184 Å². The summed E-state index contributed by atoms with van der Waals surface area (Å²) in [5, 5.41) is 10.2. The zero-order valence-electron chi connectivity index (χ0n) is 20.8. The standard InChI is InChI=1S/C15H18N2O2.C4H8.C3H6.2C2H6/c1-3-17-13-5-4-10(15(18)19)8-11(13)12-9-16(2)7-6-14(12)17;1-4(2)3;1-3-2;2*1-2/h4-5,8H,3,6-7,9H2,1-2H3,(H,18,19);1H2,2-3H3;3H,1H2,2H3;2*1-2H3. The summed E-state index contributed by atoms with van der Waals surface area (Å²) in [6.07, 6.45) is 2.79. The van der Waals surface area contributed by atoms with Gasteiger partial charge in [-0.05, 0) is 58.5 Å². The molecule has 2 heterocycles. The van der Waals surface area contributed by atoms with E-state index in [4.69, 9.17) is 5.11 Å². The number of aromatic carboxylic acids is 1. The third-order valence-corrected chi connectivity index (χ3v) is 4.01. The zero-order chi connectivity index (χ0) is 23.9. The van der Waals surface area contributed by atoms with Gasteiger partial charge in [0.05, 0.1) is 5.56 Å². The van der Waals surface area contributed by atoms with Gasteiger partial charge in [0, 0.05) is 42.7 Å². The van der Waals surface area contributed by atoms with Crippen LogP contribution in [0.3, 0.4) is 0 Å². The smallest absolute Gasteiger partial charge is 0.335 e. The van der Waals surface area contributed by atoms with Gasteiger partial charge in [-0.2, -0.15) is 0 Å². The maximum atomic E-state index is 11.1. The largest absolute Gasteiger partial charge is 0.478 e. The number of benzene rings is 1. The number of aryl methyl sites for hydroxylation is 1. The van der Waals surface area contributed by atoms with Crippen molar-refractivity contribution in [1.29, 1.82) is 0 Å². The Balaban J connectivity index is 0. The predicted octanol–water partition coefficient (Wildman–Crippen LogP) is 7.17. The summed E-state index contributed by atoms with van der Waals surface area (Å²) >= 11 is 0. The topological polar surface area (TPSA) is 45.5 Å². The van der Waals surface area contributed by atoms with Crippen molar-refractivity contribution in [1.82, 2.24) is 9.47 Å². The molecule has 1 aromatic heterocycles. The highest BCUT2D eigenvalue weighted by molar-refractivity contribution is 5.95. The highest BCUT2D eigenvalue weighted by Crippen LogP contribution is 2.31. The minimum Gasteiger partial charge on any atom is -0.478 e. The van der Waals surface area contributed by atoms with Gasteiger partial charge in [-0.15, -0.1) is 13.2 Å². The van der Waals surface area contributed by atoms with E-state index in [1.54, 1.807) is 12.1 Å². The van der Waals surface area contributed by atoms with Crippen molar-refractivity contribution in [2.24, 2.45) is 0 Å². The lowest BCUT2D eigenvalue weighted by Gasteiger charge is -2.24. The van der Waals surface area contributed by atoms with Crippen LogP contribution >= 0.6 is 0 Å². The molecule has 2 aromatic rings. The summed E-state index contributed by atoms with van der Waals surface area (Å²) in [6, 6.07) is 5.47. The minimum atomic E-state index is -0.857. The molecular formula is C26H44N2O2. The van der Waals surface area contributed by atoms with Gasteiger partial charge >= 0.3 is 5.97 Å². The number of allylic oxidation sites excluding steroid dienone is 2. The second-order valence-corrected chi connectivity index (χ2v) is 6.81. The summed E-state index contributed by atoms with van der Waals surface area (Å²) in [6.45, 7) is 25.8. The van der Waals surface area contributed by atoms with Crippen molar-refractivity contribution in [2.75, 3.05) is 13.6 Å². The maximum Gasteiger partial charge on any atom is 0.335 e. The number of likely N-dealkylation sites (N-methyl/N-ethyl adjacent to an activating group) is 1. The van der Waals surface area contributed by atoms with Gasteiger partial charge in [0.2, 0.25) is 0 Å². The van der Waals surface area contributed by atoms with Crippen LogP contribution in [0.4, 0.5) is 0 Å². The van der Waals surface area contributed by atoms with Crippen molar-refractivity contribution < 1.29 is 9.90 Å². The first kappa shape index (κ1) is 29.9. The molecule has 1 aliphatic heterocycles. The average molecular weight is 417 g/mol. The number of aromatic nitrogens is 1. The molecule has 0 fully saturated rings. The van der Waals surface area contributed by atoms with Crippen molar-refractivity contribution in [3.05, 3.63) is 59.8 Å². The van der Waals surface area contributed by atoms with Crippen LogP contribution in [0.2, 0.25) is 0 Å².